The first-order valence-corrected chi connectivity index (χ1v) is 6.90. The second kappa shape index (κ2) is 6.00. The molecule has 0 spiro atoms. The van der Waals surface area contributed by atoms with Gasteiger partial charge in [-0.3, -0.25) is 0 Å². The van der Waals surface area contributed by atoms with E-state index in [0.717, 1.165) is 18.5 Å². The lowest BCUT2D eigenvalue weighted by molar-refractivity contribution is 0.296. The van der Waals surface area contributed by atoms with E-state index < -0.39 is 0 Å². The molecule has 3 rings (SSSR count). The van der Waals surface area contributed by atoms with Crippen LogP contribution in [0.3, 0.4) is 0 Å². The molecule has 3 heterocycles. The van der Waals surface area contributed by atoms with Crippen molar-refractivity contribution in [3.8, 4) is 5.88 Å². The SMILES string of the molecule is COc1ccc(Cc2noc([C@H]3CCCCN3)n2)cn1. The van der Waals surface area contributed by atoms with Crippen LogP contribution in [-0.4, -0.2) is 28.8 Å². The predicted octanol–water partition coefficient (Wildman–Crippen LogP) is 1.88. The summed E-state index contributed by atoms with van der Waals surface area (Å²) in [6, 6.07) is 4.00. The molecule has 0 saturated carbocycles. The van der Waals surface area contributed by atoms with Gasteiger partial charge in [0.25, 0.3) is 0 Å². The molecule has 1 saturated heterocycles. The Morgan fingerprint density at radius 3 is 3.05 bits per heavy atom. The number of aromatic nitrogens is 3. The number of rotatable bonds is 4. The first kappa shape index (κ1) is 13.1. The third-order valence-electron chi connectivity index (χ3n) is 3.46. The smallest absolute Gasteiger partial charge is 0.243 e. The van der Waals surface area contributed by atoms with E-state index in [1.54, 1.807) is 13.3 Å². The molecule has 0 bridgehead atoms. The van der Waals surface area contributed by atoms with Crippen molar-refractivity contribution in [1.82, 2.24) is 20.4 Å². The van der Waals surface area contributed by atoms with Crippen LogP contribution in [0.2, 0.25) is 0 Å². The van der Waals surface area contributed by atoms with Crippen molar-refractivity contribution in [2.24, 2.45) is 0 Å². The maximum atomic E-state index is 5.35. The van der Waals surface area contributed by atoms with Gasteiger partial charge < -0.3 is 14.6 Å². The van der Waals surface area contributed by atoms with E-state index in [1.165, 1.54) is 12.8 Å². The highest BCUT2D eigenvalue weighted by Crippen LogP contribution is 2.21. The number of hydrogen-bond donors (Lipinski definition) is 1. The van der Waals surface area contributed by atoms with Crippen LogP contribution in [-0.2, 0) is 6.42 Å². The molecule has 0 aromatic carbocycles. The Kier molecular flexibility index (Phi) is 3.92. The monoisotopic (exact) mass is 274 g/mol. The molecule has 0 amide bonds. The van der Waals surface area contributed by atoms with E-state index in [0.29, 0.717) is 24.0 Å². The minimum Gasteiger partial charge on any atom is -0.481 e. The minimum absolute atomic E-state index is 0.207. The fourth-order valence-corrected chi connectivity index (χ4v) is 2.36. The Morgan fingerprint density at radius 1 is 1.40 bits per heavy atom. The van der Waals surface area contributed by atoms with Gasteiger partial charge in [0.05, 0.1) is 13.2 Å². The Morgan fingerprint density at radius 2 is 2.35 bits per heavy atom. The fraction of sp³-hybridized carbons (Fsp3) is 0.500. The quantitative estimate of drug-likeness (QED) is 0.917. The van der Waals surface area contributed by atoms with E-state index in [4.69, 9.17) is 9.26 Å². The second-order valence-electron chi connectivity index (χ2n) is 4.94. The summed E-state index contributed by atoms with van der Waals surface area (Å²) in [7, 11) is 1.60. The average molecular weight is 274 g/mol. The van der Waals surface area contributed by atoms with Crippen LogP contribution in [0.5, 0.6) is 5.88 Å². The van der Waals surface area contributed by atoms with Crippen LogP contribution in [0.1, 0.15) is 42.6 Å². The highest BCUT2D eigenvalue weighted by molar-refractivity contribution is 5.20. The number of methoxy groups -OCH3 is 1. The molecular weight excluding hydrogens is 256 g/mol. The van der Waals surface area contributed by atoms with Gasteiger partial charge in [-0.25, -0.2) is 4.98 Å². The number of nitrogens with one attached hydrogen (secondary N) is 1. The van der Waals surface area contributed by atoms with Gasteiger partial charge >= 0.3 is 0 Å². The topological polar surface area (TPSA) is 73.1 Å². The molecule has 20 heavy (non-hydrogen) atoms. The van der Waals surface area contributed by atoms with Crippen molar-refractivity contribution < 1.29 is 9.26 Å². The molecule has 1 aliphatic rings. The maximum absolute atomic E-state index is 5.35. The third kappa shape index (κ3) is 2.96. The fourth-order valence-electron chi connectivity index (χ4n) is 2.36. The van der Waals surface area contributed by atoms with Gasteiger partial charge in [0.2, 0.25) is 11.8 Å². The van der Waals surface area contributed by atoms with Crippen molar-refractivity contribution in [2.45, 2.75) is 31.7 Å². The molecule has 0 unspecified atom stereocenters. The Labute approximate surface area is 117 Å². The zero-order chi connectivity index (χ0) is 13.8. The largest absolute Gasteiger partial charge is 0.481 e. The molecule has 1 N–H and O–H groups in total. The normalized spacial score (nSPS) is 18.9. The van der Waals surface area contributed by atoms with Gasteiger partial charge in [-0.2, -0.15) is 4.98 Å². The van der Waals surface area contributed by atoms with Gasteiger partial charge in [-0.05, 0) is 24.9 Å². The van der Waals surface area contributed by atoms with E-state index in [9.17, 15) is 0 Å². The van der Waals surface area contributed by atoms with Gasteiger partial charge in [0.1, 0.15) is 0 Å². The summed E-state index contributed by atoms with van der Waals surface area (Å²) in [5.41, 5.74) is 1.04. The number of nitrogens with zero attached hydrogens (tertiary/aromatic N) is 3. The predicted molar refractivity (Wildman–Crippen MR) is 72.5 cm³/mol. The van der Waals surface area contributed by atoms with Gasteiger partial charge in [0.15, 0.2) is 5.82 Å². The summed E-state index contributed by atoms with van der Waals surface area (Å²) >= 11 is 0. The summed E-state index contributed by atoms with van der Waals surface area (Å²) in [6.45, 7) is 1.02. The van der Waals surface area contributed by atoms with Crippen LogP contribution in [0.15, 0.2) is 22.9 Å². The van der Waals surface area contributed by atoms with Crippen molar-refractivity contribution in [1.29, 1.82) is 0 Å². The third-order valence-corrected chi connectivity index (χ3v) is 3.46. The molecule has 1 aliphatic heterocycles. The van der Waals surface area contributed by atoms with Crippen molar-refractivity contribution >= 4 is 0 Å². The lowest BCUT2D eigenvalue weighted by Gasteiger charge is -2.19. The summed E-state index contributed by atoms with van der Waals surface area (Å²) in [5.74, 6) is 1.99. The van der Waals surface area contributed by atoms with Gasteiger partial charge in [-0.1, -0.05) is 17.6 Å². The molecule has 2 aromatic rings. The lowest BCUT2D eigenvalue weighted by Crippen LogP contribution is -2.27. The second-order valence-corrected chi connectivity index (χ2v) is 4.94. The van der Waals surface area contributed by atoms with E-state index >= 15 is 0 Å². The zero-order valence-corrected chi connectivity index (χ0v) is 11.5. The van der Waals surface area contributed by atoms with E-state index in [1.807, 2.05) is 12.1 Å². The average Bonchev–Trinajstić information content (AvgIpc) is 2.97. The minimum atomic E-state index is 0.207. The maximum Gasteiger partial charge on any atom is 0.243 e. The molecule has 1 atom stereocenters. The van der Waals surface area contributed by atoms with E-state index in [2.05, 4.69) is 20.4 Å². The Hall–Kier alpha value is -1.95. The number of pyridine rings is 1. The van der Waals surface area contributed by atoms with Gasteiger partial charge in [-0.15, -0.1) is 0 Å². The van der Waals surface area contributed by atoms with Crippen LogP contribution in [0, 0.1) is 0 Å². The van der Waals surface area contributed by atoms with Crippen molar-refractivity contribution in [3.63, 3.8) is 0 Å². The first-order chi connectivity index (χ1) is 9.85. The van der Waals surface area contributed by atoms with Crippen LogP contribution in [0.25, 0.3) is 0 Å². The standard InChI is InChI=1S/C14H18N4O2/c1-19-13-6-5-10(9-16-13)8-12-17-14(20-18-12)11-4-2-3-7-15-11/h5-6,9,11,15H,2-4,7-8H2,1H3/t11-/m1/s1. The van der Waals surface area contributed by atoms with Crippen LogP contribution < -0.4 is 10.1 Å². The van der Waals surface area contributed by atoms with Crippen molar-refractivity contribution in [3.05, 3.63) is 35.6 Å². The Bertz CT molecular complexity index is 547. The highest BCUT2D eigenvalue weighted by atomic mass is 16.5. The lowest BCUT2D eigenvalue weighted by atomic mass is 10.1. The summed E-state index contributed by atoms with van der Waals surface area (Å²) in [6.07, 6.45) is 5.87. The summed E-state index contributed by atoms with van der Waals surface area (Å²) in [5, 5.41) is 7.45. The molecular formula is C14H18N4O2. The number of hydrogen-bond acceptors (Lipinski definition) is 6. The first-order valence-electron chi connectivity index (χ1n) is 6.90. The zero-order valence-electron chi connectivity index (χ0n) is 11.5. The highest BCUT2D eigenvalue weighted by Gasteiger charge is 2.20. The molecule has 106 valence electrons. The molecule has 0 aliphatic carbocycles. The molecule has 1 fully saturated rings. The van der Waals surface area contributed by atoms with Crippen LogP contribution in [0.4, 0.5) is 0 Å². The molecule has 0 radical (unpaired) electrons. The van der Waals surface area contributed by atoms with E-state index in [-0.39, 0.29) is 6.04 Å². The molecule has 6 heteroatoms. The van der Waals surface area contributed by atoms with Crippen LogP contribution >= 0.6 is 0 Å². The summed E-state index contributed by atoms with van der Waals surface area (Å²) in [4.78, 5) is 8.64. The number of ether oxygens (including phenoxy) is 1. The Balaban J connectivity index is 1.66. The number of piperidine rings is 1. The van der Waals surface area contributed by atoms with Gasteiger partial charge in [0, 0.05) is 18.7 Å². The van der Waals surface area contributed by atoms with Crippen molar-refractivity contribution in [2.75, 3.05) is 13.7 Å². The molecule has 2 aromatic heterocycles. The molecule has 6 nitrogen and oxygen atoms in total. The summed E-state index contributed by atoms with van der Waals surface area (Å²) < 4.78 is 10.4.